The number of nitrogens with zero attached hydrogens (tertiary/aromatic N) is 2. The molecule has 0 aromatic heterocycles. The van der Waals surface area contributed by atoms with Crippen LogP contribution in [-0.2, 0) is 0 Å². The predicted octanol–water partition coefficient (Wildman–Crippen LogP) is 3.00. The molecule has 1 heterocycles. The average Bonchev–Trinajstić information content (AvgIpc) is 2.74. The molecule has 0 amide bonds. The van der Waals surface area contributed by atoms with Crippen molar-refractivity contribution in [3.8, 4) is 0 Å². The van der Waals surface area contributed by atoms with Crippen LogP contribution in [0.4, 0.5) is 0 Å². The molecular formula is C17H30N4. The summed E-state index contributed by atoms with van der Waals surface area (Å²) < 4.78 is 0. The fraction of sp³-hybridized carbons (Fsp3) is 0.765. The van der Waals surface area contributed by atoms with Crippen molar-refractivity contribution in [2.45, 2.75) is 51.9 Å². The van der Waals surface area contributed by atoms with Crippen LogP contribution in [0, 0.1) is 5.41 Å². The van der Waals surface area contributed by atoms with Crippen molar-refractivity contribution in [3.63, 3.8) is 0 Å². The number of aliphatic imine (C=N–C) groups is 1. The molecule has 0 aromatic rings. The topological polar surface area (TPSA) is 51.5 Å². The summed E-state index contributed by atoms with van der Waals surface area (Å²) in [7, 11) is 0. The van der Waals surface area contributed by atoms with E-state index in [1.165, 1.54) is 74.9 Å². The molecule has 4 heteroatoms. The van der Waals surface area contributed by atoms with E-state index in [0.29, 0.717) is 0 Å². The van der Waals surface area contributed by atoms with Gasteiger partial charge in [0.1, 0.15) is 6.34 Å². The van der Waals surface area contributed by atoms with Gasteiger partial charge in [0, 0.05) is 31.9 Å². The largest absolute Gasteiger partial charge is 0.314 e. The molecule has 0 atom stereocenters. The lowest BCUT2D eigenvalue weighted by atomic mass is 9.96. The van der Waals surface area contributed by atoms with Gasteiger partial charge in [-0.15, -0.1) is 0 Å². The van der Waals surface area contributed by atoms with Gasteiger partial charge in [0.05, 0.1) is 0 Å². The molecule has 1 aliphatic carbocycles. The van der Waals surface area contributed by atoms with Crippen molar-refractivity contribution >= 4 is 12.1 Å². The Morgan fingerprint density at radius 1 is 1.24 bits per heavy atom. The van der Waals surface area contributed by atoms with Crippen LogP contribution >= 0.6 is 0 Å². The second kappa shape index (κ2) is 9.11. The van der Waals surface area contributed by atoms with E-state index in [0.717, 1.165) is 25.9 Å². The van der Waals surface area contributed by atoms with Crippen LogP contribution < -0.4 is 5.32 Å². The van der Waals surface area contributed by atoms with E-state index in [2.05, 4.69) is 22.1 Å². The van der Waals surface area contributed by atoms with Gasteiger partial charge in [0.2, 0.25) is 0 Å². The standard InChI is InChI=1S/C17H30N4/c1-15(6-5-11-21-12-9-19-10-13-21)16-7-3-2-4-8-17(16)20-14-18/h14,18-19H,2-13H2,1H3/b16-15+,18-14?,20-17?. The number of hydrogen-bond donors (Lipinski definition) is 2. The summed E-state index contributed by atoms with van der Waals surface area (Å²) in [5.41, 5.74) is 4.14. The minimum absolute atomic E-state index is 1.06. The van der Waals surface area contributed by atoms with Gasteiger partial charge in [0.25, 0.3) is 0 Å². The van der Waals surface area contributed by atoms with Crippen LogP contribution in [0.15, 0.2) is 16.1 Å². The second-order valence-electron chi connectivity index (χ2n) is 6.22. The Morgan fingerprint density at radius 2 is 2.00 bits per heavy atom. The van der Waals surface area contributed by atoms with Crippen molar-refractivity contribution in [1.29, 1.82) is 5.41 Å². The summed E-state index contributed by atoms with van der Waals surface area (Å²) in [6.45, 7) is 8.14. The number of hydrogen-bond acceptors (Lipinski definition) is 3. The minimum Gasteiger partial charge on any atom is -0.314 e. The van der Waals surface area contributed by atoms with Crippen molar-refractivity contribution in [2.24, 2.45) is 4.99 Å². The highest BCUT2D eigenvalue weighted by molar-refractivity contribution is 6.04. The number of rotatable bonds is 5. The Balaban J connectivity index is 1.89. The van der Waals surface area contributed by atoms with Gasteiger partial charge >= 0.3 is 0 Å². The van der Waals surface area contributed by atoms with Crippen molar-refractivity contribution in [1.82, 2.24) is 10.2 Å². The highest BCUT2D eigenvalue weighted by Gasteiger charge is 2.15. The molecular weight excluding hydrogens is 260 g/mol. The fourth-order valence-electron chi connectivity index (χ4n) is 3.40. The fourth-order valence-corrected chi connectivity index (χ4v) is 3.40. The van der Waals surface area contributed by atoms with Crippen molar-refractivity contribution < 1.29 is 0 Å². The third-order valence-corrected chi connectivity index (χ3v) is 4.66. The van der Waals surface area contributed by atoms with E-state index in [-0.39, 0.29) is 0 Å². The summed E-state index contributed by atoms with van der Waals surface area (Å²) in [4.78, 5) is 6.89. The summed E-state index contributed by atoms with van der Waals surface area (Å²) in [6.07, 6.45) is 9.66. The SMILES string of the molecule is C/C(CCCN1CCNCC1)=C1/CCCCCC1=NC=N. The molecule has 0 bridgehead atoms. The molecule has 2 N–H and O–H groups in total. The van der Waals surface area contributed by atoms with Crippen LogP contribution in [-0.4, -0.2) is 49.7 Å². The molecule has 2 fully saturated rings. The zero-order valence-corrected chi connectivity index (χ0v) is 13.5. The Morgan fingerprint density at radius 3 is 2.76 bits per heavy atom. The summed E-state index contributed by atoms with van der Waals surface area (Å²) in [5, 5.41) is 10.7. The van der Waals surface area contributed by atoms with Crippen LogP contribution in [0.3, 0.4) is 0 Å². The van der Waals surface area contributed by atoms with Gasteiger partial charge in [0.15, 0.2) is 0 Å². The van der Waals surface area contributed by atoms with Crippen LogP contribution in [0.5, 0.6) is 0 Å². The molecule has 21 heavy (non-hydrogen) atoms. The van der Waals surface area contributed by atoms with Crippen LogP contribution in [0.25, 0.3) is 0 Å². The molecule has 2 rings (SSSR count). The third-order valence-electron chi connectivity index (χ3n) is 4.66. The first-order valence-electron chi connectivity index (χ1n) is 8.49. The Hall–Kier alpha value is -1.00. The highest BCUT2D eigenvalue weighted by atomic mass is 15.2. The van der Waals surface area contributed by atoms with Crippen molar-refractivity contribution in [3.05, 3.63) is 11.1 Å². The monoisotopic (exact) mass is 290 g/mol. The van der Waals surface area contributed by atoms with Gasteiger partial charge in [-0.05, 0) is 57.6 Å². The predicted molar refractivity (Wildman–Crippen MR) is 90.5 cm³/mol. The van der Waals surface area contributed by atoms with E-state index in [1.807, 2.05) is 0 Å². The van der Waals surface area contributed by atoms with Gasteiger partial charge in [-0.25, -0.2) is 4.99 Å². The summed E-state index contributed by atoms with van der Waals surface area (Å²) >= 11 is 0. The normalized spacial score (nSPS) is 25.7. The maximum atomic E-state index is 7.27. The lowest BCUT2D eigenvalue weighted by Crippen LogP contribution is -2.43. The number of piperazine rings is 1. The van der Waals surface area contributed by atoms with E-state index in [9.17, 15) is 0 Å². The quantitative estimate of drug-likeness (QED) is 0.464. The lowest BCUT2D eigenvalue weighted by molar-refractivity contribution is 0.238. The molecule has 1 aliphatic heterocycles. The zero-order chi connectivity index (χ0) is 14.9. The second-order valence-corrected chi connectivity index (χ2v) is 6.22. The molecule has 1 saturated heterocycles. The highest BCUT2D eigenvalue weighted by Crippen LogP contribution is 2.25. The lowest BCUT2D eigenvalue weighted by Gasteiger charge is -2.27. The average molecular weight is 290 g/mol. The molecule has 0 aromatic carbocycles. The molecule has 1 saturated carbocycles. The molecule has 2 aliphatic rings. The van der Waals surface area contributed by atoms with E-state index >= 15 is 0 Å². The number of allylic oxidation sites excluding steroid dienone is 2. The number of nitrogens with one attached hydrogen (secondary N) is 2. The van der Waals surface area contributed by atoms with Gasteiger partial charge < -0.3 is 10.2 Å². The van der Waals surface area contributed by atoms with Gasteiger partial charge in [-0.1, -0.05) is 12.0 Å². The molecule has 4 nitrogen and oxygen atoms in total. The van der Waals surface area contributed by atoms with Crippen LogP contribution in [0.1, 0.15) is 51.9 Å². The summed E-state index contributed by atoms with van der Waals surface area (Å²) in [5.74, 6) is 0. The van der Waals surface area contributed by atoms with E-state index in [4.69, 9.17) is 5.41 Å². The first-order valence-corrected chi connectivity index (χ1v) is 8.49. The van der Waals surface area contributed by atoms with Crippen LogP contribution in [0.2, 0.25) is 0 Å². The maximum absolute atomic E-state index is 7.27. The van der Waals surface area contributed by atoms with Crippen molar-refractivity contribution in [2.75, 3.05) is 32.7 Å². The van der Waals surface area contributed by atoms with E-state index < -0.39 is 0 Å². The smallest absolute Gasteiger partial charge is 0.107 e. The summed E-state index contributed by atoms with van der Waals surface area (Å²) in [6, 6.07) is 0. The zero-order valence-electron chi connectivity index (χ0n) is 13.5. The maximum Gasteiger partial charge on any atom is 0.107 e. The van der Waals surface area contributed by atoms with E-state index in [1.54, 1.807) is 0 Å². The first-order chi connectivity index (χ1) is 10.3. The molecule has 0 spiro atoms. The molecule has 0 unspecified atom stereocenters. The van der Waals surface area contributed by atoms with Gasteiger partial charge in [-0.3, -0.25) is 5.41 Å². The van der Waals surface area contributed by atoms with Gasteiger partial charge in [-0.2, -0.15) is 0 Å². The Bertz CT molecular complexity index is 392. The Labute approximate surface area is 129 Å². The third kappa shape index (κ3) is 5.36. The Kier molecular flexibility index (Phi) is 7.10. The minimum atomic E-state index is 1.06. The molecule has 0 radical (unpaired) electrons. The molecule has 118 valence electrons. The first kappa shape index (κ1) is 16.4.